The Morgan fingerprint density at radius 3 is 1.92 bits per heavy atom. The van der Waals surface area contributed by atoms with Gasteiger partial charge < -0.3 is 77.6 Å². The SMILES string of the molecule is CC(C)C[C@H](NC(=O)[C@H](Cc1ccc(OP(=O)(O)O)cc1)NC(=O)CNC(=O)c1ccc2c(c1)C(=O)OC21c2ccc(O)cc2Oc2cc(O)ccc21)C(=O)N1CCC[C@H]1C(=O)N[C@@H](CCC(N)=O)C(=O)N[C@H](C(=O)N[C@H](C(N)=O)C(C)C)[C@@H](C)O. The van der Waals surface area contributed by atoms with Crippen molar-refractivity contribution in [3.05, 3.63) is 112 Å². The molecule has 7 rings (SSSR count). The van der Waals surface area contributed by atoms with Gasteiger partial charge in [-0.1, -0.05) is 45.9 Å². The molecule has 7 atom stereocenters. The number of amides is 9. The number of hydrogen-bond donors (Lipinski definition) is 13. The number of benzene rings is 4. The predicted molar refractivity (Wildman–Crippen MR) is 301 cm³/mol. The van der Waals surface area contributed by atoms with Crippen LogP contribution in [0.4, 0.5) is 0 Å². The van der Waals surface area contributed by atoms with Crippen LogP contribution in [0.15, 0.2) is 78.9 Å². The highest BCUT2D eigenvalue weighted by molar-refractivity contribution is 7.46. The minimum absolute atomic E-state index is 0.00348. The van der Waals surface area contributed by atoms with Crippen molar-refractivity contribution in [2.45, 2.75) is 121 Å². The number of carbonyl (C=O) groups is 10. The molecule has 0 saturated carbocycles. The number of phenolic OH excluding ortho intramolecular Hbond substituents is 2. The van der Waals surface area contributed by atoms with Crippen molar-refractivity contribution in [2.75, 3.05) is 13.1 Å². The number of aromatic hydroxyl groups is 2. The molecule has 29 heteroatoms. The number of nitrogens with two attached hydrogens (primary N) is 2. The highest BCUT2D eigenvalue weighted by Gasteiger charge is 2.54. The fourth-order valence-corrected chi connectivity index (χ4v) is 10.8. The molecule has 1 spiro atoms. The molecule has 0 radical (unpaired) electrons. The van der Waals surface area contributed by atoms with E-state index in [-0.39, 0.29) is 84.4 Å². The Morgan fingerprint density at radius 2 is 1.35 bits per heavy atom. The van der Waals surface area contributed by atoms with Gasteiger partial charge >= 0.3 is 13.8 Å². The minimum Gasteiger partial charge on any atom is -0.508 e. The van der Waals surface area contributed by atoms with Crippen LogP contribution in [0.1, 0.15) is 110 Å². The maximum atomic E-state index is 14.6. The van der Waals surface area contributed by atoms with Crippen LogP contribution < -0.4 is 52.6 Å². The highest BCUT2D eigenvalue weighted by atomic mass is 31.2. The number of phosphoric acid groups is 1. The molecule has 0 unspecified atom stereocenters. The topological polar surface area (TPSA) is 444 Å². The smallest absolute Gasteiger partial charge is 0.508 e. The lowest BCUT2D eigenvalue weighted by Gasteiger charge is -2.36. The predicted octanol–water partition coefficient (Wildman–Crippen LogP) is 0.359. The molecule has 0 bridgehead atoms. The van der Waals surface area contributed by atoms with Gasteiger partial charge in [-0.25, -0.2) is 9.36 Å². The van der Waals surface area contributed by atoms with Crippen molar-refractivity contribution in [1.82, 2.24) is 36.8 Å². The molecule has 1 fully saturated rings. The van der Waals surface area contributed by atoms with Crippen LogP contribution in [0, 0.1) is 11.8 Å². The number of rotatable bonds is 25. The fraction of sp³-hybridized carbons (Fsp3) is 0.404. The molecule has 460 valence electrons. The lowest BCUT2D eigenvalue weighted by molar-refractivity contribution is -0.143. The molecule has 4 aromatic rings. The largest absolute Gasteiger partial charge is 0.524 e. The Kier molecular flexibility index (Phi) is 20.1. The zero-order chi connectivity index (χ0) is 63.1. The van der Waals surface area contributed by atoms with Crippen molar-refractivity contribution in [2.24, 2.45) is 23.3 Å². The molecule has 3 heterocycles. The second-order valence-corrected chi connectivity index (χ2v) is 23.0. The number of esters is 1. The molecule has 3 aliphatic heterocycles. The summed E-state index contributed by atoms with van der Waals surface area (Å²) in [4.78, 5) is 156. The molecule has 3 aliphatic rings. The zero-order valence-corrected chi connectivity index (χ0v) is 48.3. The van der Waals surface area contributed by atoms with E-state index in [1.165, 1.54) is 90.7 Å². The summed E-state index contributed by atoms with van der Waals surface area (Å²) < 4.78 is 28.3. The standard InChI is InChI=1S/C57H68N9O19P/c1-27(2)21-41(55(78)66-20-6-7-42(66)53(76)62-39(18-19-45(58)70)51(74)65-48(29(5)67)54(77)64-47(28(3)4)49(59)72)63-52(75)40(22-30-8-13-34(14-9-30)85-86(80,81)82)61-46(71)26-60-50(73)31-10-15-36-35(23-31)56(79)84-57(36)37-16-11-32(68)24-43(37)83-44-25-33(69)12-17-38(44)57/h8-17,23-25,27-29,39-42,47-48,67-69H,6-7,18-22,26H2,1-5H3,(H2,58,70)(H2,59,72)(H,60,73)(H,61,71)(H,62,76)(H,63,75)(H,64,77)(H,65,74)(H2,80,81,82)/t29-,39+,40+,41+,42+,47+,48+/m1/s1. The van der Waals surface area contributed by atoms with Gasteiger partial charge in [0.15, 0.2) is 5.60 Å². The number of nitrogens with one attached hydrogen (secondary N) is 6. The fourth-order valence-electron chi connectivity index (χ4n) is 10.4. The van der Waals surface area contributed by atoms with E-state index < -0.39 is 134 Å². The summed E-state index contributed by atoms with van der Waals surface area (Å²) in [6.07, 6.45) is -2.30. The van der Waals surface area contributed by atoms with Crippen LogP contribution in [0.3, 0.4) is 0 Å². The molecule has 0 aromatic heterocycles. The second kappa shape index (κ2) is 26.9. The molecule has 0 aliphatic carbocycles. The summed E-state index contributed by atoms with van der Waals surface area (Å²) in [6, 6.07) is 9.17. The van der Waals surface area contributed by atoms with E-state index in [9.17, 15) is 77.6 Å². The average molecular weight is 1210 g/mol. The van der Waals surface area contributed by atoms with Gasteiger partial charge in [-0.15, -0.1) is 0 Å². The van der Waals surface area contributed by atoms with Crippen LogP contribution in [0.25, 0.3) is 0 Å². The number of primary amides is 2. The van der Waals surface area contributed by atoms with Gasteiger partial charge in [0.25, 0.3) is 5.91 Å². The molecule has 9 amide bonds. The maximum Gasteiger partial charge on any atom is 0.524 e. The lowest BCUT2D eigenvalue weighted by Crippen LogP contribution is -2.61. The van der Waals surface area contributed by atoms with Crippen LogP contribution in [-0.4, -0.2) is 145 Å². The van der Waals surface area contributed by atoms with Gasteiger partial charge in [0, 0.05) is 53.8 Å². The summed E-state index contributed by atoms with van der Waals surface area (Å²) in [5.41, 5.74) is 10.4. The first-order chi connectivity index (χ1) is 40.5. The molecule has 4 aromatic carbocycles. The molecule has 15 N–H and O–H groups in total. The first-order valence-electron chi connectivity index (χ1n) is 27.4. The Labute approximate surface area is 492 Å². The van der Waals surface area contributed by atoms with E-state index in [0.29, 0.717) is 22.3 Å². The Balaban J connectivity index is 1.08. The Bertz CT molecular complexity index is 3320. The number of phenols is 2. The van der Waals surface area contributed by atoms with Gasteiger partial charge in [-0.2, -0.15) is 0 Å². The summed E-state index contributed by atoms with van der Waals surface area (Å²) in [5, 5.41) is 46.1. The molecule has 1 saturated heterocycles. The number of fused-ring (bicyclic) bond motifs is 6. The lowest BCUT2D eigenvalue weighted by atomic mass is 9.77. The first-order valence-corrected chi connectivity index (χ1v) is 28.9. The molecule has 28 nitrogen and oxygen atoms in total. The minimum atomic E-state index is -4.97. The molecular weight excluding hydrogens is 1150 g/mol. The third-order valence-electron chi connectivity index (χ3n) is 14.5. The highest BCUT2D eigenvalue weighted by Crippen LogP contribution is 2.57. The van der Waals surface area contributed by atoms with Crippen molar-refractivity contribution >= 4 is 67.0 Å². The van der Waals surface area contributed by atoms with Crippen LogP contribution in [0.2, 0.25) is 0 Å². The number of ether oxygens (including phenoxy) is 2. The van der Waals surface area contributed by atoms with Crippen molar-refractivity contribution in [3.8, 4) is 28.7 Å². The normalized spacial score (nSPS) is 16.7. The van der Waals surface area contributed by atoms with Gasteiger partial charge in [0.1, 0.15) is 65.0 Å². The number of nitrogens with zero attached hydrogens (tertiary/aromatic N) is 1. The van der Waals surface area contributed by atoms with Gasteiger partial charge in [0.05, 0.1) is 18.2 Å². The second-order valence-electron chi connectivity index (χ2n) is 21.8. The third kappa shape index (κ3) is 15.2. The summed E-state index contributed by atoms with van der Waals surface area (Å²) in [6.45, 7) is 7.18. The zero-order valence-electron chi connectivity index (χ0n) is 47.4. The Hall–Kier alpha value is -9.11. The molecular formula is C57H68N9O19P. The number of hydrogen-bond acceptors (Lipinski definition) is 17. The number of aliphatic hydroxyl groups excluding tert-OH is 1. The van der Waals surface area contributed by atoms with E-state index in [1.54, 1.807) is 27.7 Å². The van der Waals surface area contributed by atoms with Crippen LogP contribution in [0.5, 0.6) is 28.7 Å². The van der Waals surface area contributed by atoms with Gasteiger partial charge in [-0.05, 0) is 98.5 Å². The van der Waals surface area contributed by atoms with E-state index in [0.717, 1.165) is 0 Å². The summed E-state index contributed by atoms with van der Waals surface area (Å²) >= 11 is 0. The first kappa shape index (κ1) is 64.5. The van der Waals surface area contributed by atoms with Gasteiger partial charge in [0.2, 0.25) is 47.3 Å². The van der Waals surface area contributed by atoms with E-state index in [1.807, 2.05) is 0 Å². The number of carbonyl (C=O) groups excluding carboxylic acids is 10. The molecule has 86 heavy (non-hydrogen) atoms. The summed E-state index contributed by atoms with van der Waals surface area (Å²) in [7, 11) is -4.97. The number of aliphatic hydroxyl groups is 1. The monoisotopic (exact) mass is 1210 g/mol. The maximum absolute atomic E-state index is 14.6. The van der Waals surface area contributed by atoms with Crippen molar-refractivity contribution in [1.29, 1.82) is 0 Å². The van der Waals surface area contributed by atoms with E-state index >= 15 is 0 Å². The number of phosphoric ester groups is 1. The summed E-state index contributed by atoms with van der Waals surface area (Å²) in [5.74, 6) is -9.82. The quantitative estimate of drug-likeness (QED) is 0.0315. The Morgan fingerprint density at radius 1 is 0.744 bits per heavy atom. The van der Waals surface area contributed by atoms with Crippen LogP contribution >= 0.6 is 7.82 Å². The third-order valence-corrected chi connectivity index (χ3v) is 14.9. The van der Waals surface area contributed by atoms with Crippen LogP contribution in [-0.2, 0) is 59.7 Å². The number of likely N-dealkylation sites (tertiary alicyclic amines) is 1. The van der Waals surface area contributed by atoms with Crippen molar-refractivity contribution < 1.29 is 91.6 Å². The van der Waals surface area contributed by atoms with E-state index in [2.05, 4.69) is 36.4 Å². The van der Waals surface area contributed by atoms with Gasteiger partial charge in [-0.3, -0.25) is 52.9 Å². The van der Waals surface area contributed by atoms with E-state index in [4.69, 9.17) is 20.9 Å². The van der Waals surface area contributed by atoms with Crippen molar-refractivity contribution in [3.63, 3.8) is 0 Å². The average Bonchev–Trinajstić information content (AvgIpc) is 1.45.